The second-order valence-corrected chi connectivity index (χ2v) is 6.10. The number of amides is 2. The van der Waals surface area contributed by atoms with Gasteiger partial charge in [0, 0.05) is 24.7 Å². The number of carbonyl (C=O) groups excluding carboxylic acids is 2. The standard InChI is InChI=1S/C13H11N5O2S2/c1-18-10(15-12(20)9-3-2-5-21-9)7-8(17-18)11(19)16-13-14-4-6-22-13/h2-7H,1H3,(H,15,20)(H,14,16,19). The molecular formula is C13H11N5O2S2. The van der Waals surface area contributed by atoms with Gasteiger partial charge in [0.15, 0.2) is 10.8 Å². The molecule has 0 unspecified atom stereocenters. The number of thiophene rings is 1. The van der Waals surface area contributed by atoms with Crippen molar-refractivity contribution in [2.75, 3.05) is 10.6 Å². The van der Waals surface area contributed by atoms with Gasteiger partial charge in [-0.2, -0.15) is 5.10 Å². The summed E-state index contributed by atoms with van der Waals surface area (Å²) in [5.74, 6) is -0.158. The topological polar surface area (TPSA) is 88.9 Å². The molecule has 3 aromatic heterocycles. The number of hydrogen-bond acceptors (Lipinski definition) is 6. The van der Waals surface area contributed by atoms with Crippen LogP contribution >= 0.6 is 22.7 Å². The molecule has 0 fully saturated rings. The van der Waals surface area contributed by atoms with Crippen molar-refractivity contribution in [1.29, 1.82) is 0 Å². The van der Waals surface area contributed by atoms with Crippen molar-refractivity contribution >= 4 is 45.4 Å². The molecule has 0 aliphatic rings. The first kappa shape index (κ1) is 14.4. The second-order valence-electron chi connectivity index (χ2n) is 4.26. The lowest BCUT2D eigenvalue weighted by Crippen LogP contribution is -2.13. The number of aryl methyl sites for hydroxylation is 1. The van der Waals surface area contributed by atoms with Gasteiger partial charge in [0.1, 0.15) is 5.82 Å². The van der Waals surface area contributed by atoms with Crippen LogP contribution in [0.25, 0.3) is 0 Å². The van der Waals surface area contributed by atoms with Crippen molar-refractivity contribution in [1.82, 2.24) is 14.8 Å². The Morgan fingerprint density at radius 2 is 2.05 bits per heavy atom. The lowest BCUT2D eigenvalue weighted by molar-refractivity contribution is 0.101. The molecule has 0 aliphatic carbocycles. The quantitative estimate of drug-likeness (QED) is 0.767. The number of nitrogens with zero attached hydrogens (tertiary/aromatic N) is 3. The van der Waals surface area contributed by atoms with E-state index in [2.05, 4.69) is 20.7 Å². The first-order chi connectivity index (χ1) is 10.6. The molecule has 7 nitrogen and oxygen atoms in total. The van der Waals surface area contributed by atoms with Crippen LogP contribution in [0.1, 0.15) is 20.2 Å². The number of anilines is 2. The van der Waals surface area contributed by atoms with Gasteiger partial charge in [-0.3, -0.25) is 19.6 Å². The first-order valence-electron chi connectivity index (χ1n) is 6.23. The van der Waals surface area contributed by atoms with E-state index in [-0.39, 0.29) is 17.5 Å². The molecule has 2 amide bonds. The molecule has 112 valence electrons. The Bertz CT molecular complexity index is 793. The van der Waals surface area contributed by atoms with E-state index in [9.17, 15) is 9.59 Å². The van der Waals surface area contributed by atoms with Crippen LogP contribution in [0.4, 0.5) is 10.9 Å². The second kappa shape index (κ2) is 6.08. The Morgan fingerprint density at radius 1 is 1.18 bits per heavy atom. The molecule has 0 saturated carbocycles. The highest BCUT2D eigenvalue weighted by molar-refractivity contribution is 7.13. The summed E-state index contributed by atoms with van der Waals surface area (Å²) in [5.41, 5.74) is 0.208. The van der Waals surface area contributed by atoms with Crippen molar-refractivity contribution in [2.45, 2.75) is 0 Å². The minimum atomic E-state index is -0.373. The molecule has 0 bridgehead atoms. The fraction of sp³-hybridized carbons (Fsp3) is 0.0769. The Balaban J connectivity index is 1.73. The van der Waals surface area contributed by atoms with E-state index in [1.54, 1.807) is 30.8 Å². The maximum absolute atomic E-state index is 12.1. The molecule has 0 aliphatic heterocycles. The molecule has 3 aromatic rings. The van der Waals surface area contributed by atoms with E-state index in [0.717, 1.165) is 0 Å². The first-order valence-corrected chi connectivity index (χ1v) is 7.99. The minimum Gasteiger partial charge on any atom is -0.306 e. The van der Waals surface area contributed by atoms with Crippen molar-refractivity contribution in [3.63, 3.8) is 0 Å². The zero-order valence-corrected chi connectivity index (χ0v) is 13.1. The number of carbonyl (C=O) groups is 2. The van der Waals surface area contributed by atoms with Crippen LogP contribution in [0, 0.1) is 0 Å². The van der Waals surface area contributed by atoms with Crippen molar-refractivity contribution in [3.8, 4) is 0 Å². The molecule has 0 saturated heterocycles. The van der Waals surface area contributed by atoms with E-state index in [1.807, 2.05) is 5.38 Å². The van der Waals surface area contributed by atoms with Gasteiger partial charge >= 0.3 is 0 Å². The highest BCUT2D eigenvalue weighted by Crippen LogP contribution is 2.16. The summed E-state index contributed by atoms with van der Waals surface area (Å²) >= 11 is 2.66. The Kier molecular flexibility index (Phi) is 3.98. The van der Waals surface area contributed by atoms with Crippen LogP contribution in [0.5, 0.6) is 0 Å². The van der Waals surface area contributed by atoms with Crippen LogP contribution in [0.3, 0.4) is 0 Å². The lowest BCUT2D eigenvalue weighted by Gasteiger charge is -2.02. The summed E-state index contributed by atoms with van der Waals surface area (Å²) in [4.78, 5) is 28.6. The van der Waals surface area contributed by atoms with E-state index in [4.69, 9.17) is 0 Å². The highest BCUT2D eigenvalue weighted by atomic mass is 32.1. The highest BCUT2D eigenvalue weighted by Gasteiger charge is 2.16. The van der Waals surface area contributed by atoms with Crippen LogP contribution < -0.4 is 10.6 Å². The van der Waals surface area contributed by atoms with Gasteiger partial charge in [0.05, 0.1) is 4.88 Å². The van der Waals surface area contributed by atoms with Crippen molar-refractivity contribution in [2.24, 2.45) is 7.05 Å². The zero-order valence-electron chi connectivity index (χ0n) is 11.4. The summed E-state index contributed by atoms with van der Waals surface area (Å²) in [5, 5.41) is 13.6. The SMILES string of the molecule is Cn1nc(C(=O)Nc2nccs2)cc1NC(=O)c1cccs1. The predicted molar refractivity (Wildman–Crippen MR) is 85.5 cm³/mol. The number of rotatable bonds is 4. The van der Waals surface area contributed by atoms with Crippen molar-refractivity contribution < 1.29 is 9.59 Å². The van der Waals surface area contributed by atoms with Crippen molar-refractivity contribution in [3.05, 3.63) is 45.7 Å². The normalized spacial score (nSPS) is 10.4. The number of thiazole rings is 1. The largest absolute Gasteiger partial charge is 0.306 e. The summed E-state index contributed by atoms with van der Waals surface area (Å²) < 4.78 is 1.45. The molecule has 9 heteroatoms. The summed E-state index contributed by atoms with van der Waals surface area (Å²) in [6, 6.07) is 5.05. The summed E-state index contributed by atoms with van der Waals surface area (Å²) in [6.45, 7) is 0. The third-order valence-corrected chi connectivity index (χ3v) is 4.31. The summed E-state index contributed by atoms with van der Waals surface area (Å²) in [6.07, 6.45) is 1.60. The average molecular weight is 333 g/mol. The number of nitrogens with one attached hydrogen (secondary N) is 2. The predicted octanol–water partition coefficient (Wildman–Crippen LogP) is 2.44. The van der Waals surface area contributed by atoms with Gasteiger partial charge in [0.2, 0.25) is 0 Å². The average Bonchev–Trinajstić information content (AvgIpc) is 3.21. The number of aromatic nitrogens is 3. The van der Waals surface area contributed by atoms with Crippen LogP contribution in [-0.4, -0.2) is 26.6 Å². The summed E-state index contributed by atoms with van der Waals surface area (Å²) in [7, 11) is 1.66. The third-order valence-electron chi connectivity index (χ3n) is 2.75. The Hall–Kier alpha value is -2.52. The van der Waals surface area contributed by atoms with Crippen LogP contribution in [0.15, 0.2) is 35.2 Å². The smallest absolute Gasteiger partial charge is 0.278 e. The zero-order chi connectivity index (χ0) is 15.5. The van der Waals surface area contributed by atoms with Gasteiger partial charge < -0.3 is 5.32 Å². The maximum atomic E-state index is 12.1. The molecule has 0 radical (unpaired) electrons. The van der Waals surface area contributed by atoms with Crippen LogP contribution in [-0.2, 0) is 7.05 Å². The van der Waals surface area contributed by atoms with E-state index in [1.165, 1.54) is 33.4 Å². The minimum absolute atomic E-state index is 0.208. The van der Waals surface area contributed by atoms with Gasteiger partial charge in [-0.15, -0.1) is 22.7 Å². The third kappa shape index (κ3) is 3.05. The fourth-order valence-corrected chi connectivity index (χ4v) is 2.87. The van der Waals surface area contributed by atoms with Gasteiger partial charge in [-0.25, -0.2) is 4.98 Å². The Morgan fingerprint density at radius 3 is 2.73 bits per heavy atom. The molecule has 0 aromatic carbocycles. The van der Waals surface area contributed by atoms with Crippen LogP contribution in [0.2, 0.25) is 0 Å². The molecule has 3 rings (SSSR count). The molecule has 2 N–H and O–H groups in total. The molecule has 0 atom stereocenters. The van der Waals surface area contributed by atoms with Gasteiger partial charge in [-0.1, -0.05) is 6.07 Å². The fourth-order valence-electron chi connectivity index (χ4n) is 1.73. The molecule has 22 heavy (non-hydrogen) atoms. The van der Waals surface area contributed by atoms with E-state index < -0.39 is 0 Å². The lowest BCUT2D eigenvalue weighted by atomic mass is 10.4. The van der Waals surface area contributed by atoms with E-state index >= 15 is 0 Å². The monoisotopic (exact) mass is 333 g/mol. The Labute approximate surface area is 133 Å². The molecule has 0 spiro atoms. The van der Waals surface area contributed by atoms with Gasteiger partial charge in [0.25, 0.3) is 11.8 Å². The molecular weight excluding hydrogens is 322 g/mol. The van der Waals surface area contributed by atoms with Gasteiger partial charge in [-0.05, 0) is 11.4 Å². The maximum Gasteiger partial charge on any atom is 0.278 e. The van der Waals surface area contributed by atoms with E-state index in [0.29, 0.717) is 15.8 Å². The molecule has 3 heterocycles. The number of hydrogen-bond donors (Lipinski definition) is 2.